The van der Waals surface area contributed by atoms with Crippen molar-refractivity contribution < 1.29 is 0 Å². The maximum Gasteiger partial charge on any atom is 0.0548 e. The van der Waals surface area contributed by atoms with Crippen LogP contribution in [0, 0.1) is 11.3 Å². The van der Waals surface area contributed by atoms with Crippen molar-refractivity contribution in [3.05, 3.63) is 79.2 Å². The number of aromatic nitrogens is 1. The van der Waals surface area contributed by atoms with Gasteiger partial charge in [-0.25, -0.2) is 0 Å². The first-order valence-electron chi connectivity index (χ1n) is 7.97. The van der Waals surface area contributed by atoms with Gasteiger partial charge in [-0.3, -0.25) is 0 Å². The van der Waals surface area contributed by atoms with Crippen molar-refractivity contribution in [3.8, 4) is 0 Å². The summed E-state index contributed by atoms with van der Waals surface area (Å²) in [5.74, 6) is 0.460. The molecule has 0 saturated heterocycles. The van der Waals surface area contributed by atoms with E-state index in [1.165, 1.54) is 11.1 Å². The lowest BCUT2D eigenvalue weighted by molar-refractivity contribution is 0.347. The minimum Gasteiger partial charge on any atom is -0.347 e. The molecule has 2 unspecified atom stereocenters. The summed E-state index contributed by atoms with van der Waals surface area (Å²) in [5, 5.41) is 0. The molecule has 2 atom stereocenters. The summed E-state index contributed by atoms with van der Waals surface area (Å²) in [5.41, 5.74) is 2.76. The van der Waals surface area contributed by atoms with Gasteiger partial charge in [-0.15, -0.1) is 6.58 Å². The first-order valence-corrected chi connectivity index (χ1v) is 7.97. The summed E-state index contributed by atoms with van der Waals surface area (Å²) in [6, 6.07) is 2.54. The summed E-state index contributed by atoms with van der Waals surface area (Å²) >= 11 is 0. The zero-order valence-electron chi connectivity index (χ0n) is 14.0. The van der Waals surface area contributed by atoms with Crippen LogP contribution < -0.4 is 0 Å². The van der Waals surface area contributed by atoms with Crippen molar-refractivity contribution in [2.75, 3.05) is 0 Å². The van der Waals surface area contributed by atoms with Crippen LogP contribution in [0.3, 0.4) is 0 Å². The molecule has 0 radical (unpaired) electrons. The van der Waals surface area contributed by atoms with E-state index >= 15 is 0 Å². The quantitative estimate of drug-likeness (QED) is 0.450. The van der Waals surface area contributed by atoms with Gasteiger partial charge in [0, 0.05) is 12.4 Å². The molecule has 0 saturated carbocycles. The fraction of sp³-hybridized carbons (Fsp3) is 0.333. The Bertz CT molecular complexity index is 622. The molecule has 1 aromatic rings. The fourth-order valence-electron chi connectivity index (χ4n) is 2.78. The Morgan fingerprint density at radius 1 is 1.36 bits per heavy atom. The van der Waals surface area contributed by atoms with Crippen LogP contribution in [0.1, 0.15) is 38.8 Å². The second-order valence-corrected chi connectivity index (χ2v) is 6.55. The summed E-state index contributed by atoms with van der Waals surface area (Å²) in [6.07, 6.45) is 20.2. The van der Waals surface area contributed by atoms with Crippen LogP contribution in [-0.4, -0.2) is 4.57 Å². The van der Waals surface area contributed by atoms with E-state index in [0.717, 1.165) is 6.42 Å². The van der Waals surface area contributed by atoms with Gasteiger partial charge in [0.15, 0.2) is 0 Å². The van der Waals surface area contributed by atoms with Crippen molar-refractivity contribution >= 4 is 6.08 Å². The van der Waals surface area contributed by atoms with E-state index in [9.17, 15) is 0 Å². The van der Waals surface area contributed by atoms with E-state index < -0.39 is 0 Å². The van der Waals surface area contributed by atoms with E-state index in [2.05, 4.69) is 81.3 Å². The van der Waals surface area contributed by atoms with Crippen LogP contribution in [-0.2, 0) is 0 Å². The number of nitrogens with zero attached hydrogens (tertiary/aromatic N) is 1. The zero-order chi connectivity index (χ0) is 16.2. The Labute approximate surface area is 135 Å². The Kier molecular flexibility index (Phi) is 5.07. The lowest BCUT2D eigenvalue weighted by Gasteiger charge is -2.33. The Balaban J connectivity index is 2.10. The molecule has 1 aliphatic carbocycles. The van der Waals surface area contributed by atoms with Gasteiger partial charge in [0.25, 0.3) is 0 Å². The molecule has 116 valence electrons. The van der Waals surface area contributed by atoms with Crippen molar-refractivity contribution in [1.82, 2.24) is 4.57 Å². The van der Waals surface area contributed by atoms with Gasteiger partial charge in [-0.05, 0) is 35.0 Å². The molecule has 1 heterocycles. The van der Waals surface area contributed by atoms with Crippen LogP contribution in [0.15, 0.2) is 73.6 Å². The predicted octanol–water partition coefficient (Wildman–Crippen LogP) is 5.96. The van der Waals surface area contributed by atoms with Gasteiger partial charge >= 0.3 is 0 Å². The van der Waals surface area contributed by atoms with E-state index in [0.29, 0.717) is 12.0 Å². The molecular formula is C21H27N. The third-order valence-electron chi connectivity index (χ3n) is 4.86. The largest absolute Gasteiger partial charge is 0.347 e. The van der Waals surface area contributed by atoms with Gasteiger partial charge in [-0.2, -0.15) is 0 Å². The third-order valence-corrected chi connectivity index (χ3v) is 4.86. The molecule has 0 N–H and O–H groups in total. The smallest absolute Gasteiger partial charge is 0.0548 e. The van der Waals surface area contributed by atoms with Crippen molar-refractivity contribution in [3.63, 3.8) is 0 Å². The highest BCUT2D eigenvalue weighted by Gasteiger charge is 2.28. The van der Waals surface area contributed by atoms with Crippen LogP contribution >= 0.6 is 0 Å². The van der Waals surface area contributed by atoms with Gasteiger partial charge in [0.1, 0.15) is 0 Å². The molecule has 0 amide bonds. The van der Waals surface area contributed by atoms with Gasteiger partial charge in [0.05, 0.1) is 6.04 Å². The molecule has 0 spiro atoms. The van der Waals surface area contributed by atoms with Crippen molar-refractivity contribution in [2.24, 2.45) is 11.3 Å². The SMILES string of the molecule is C=C/C=C\c1ccn(C2C=CC(C(C)(C)C(C)C=C)=CC2)c1. The summed E-state index contributed by atoms with van der Waals surface area (Å²) < 4.78 is 2.27. The first-order chi connectivity index (χ1) is 10.5. The summed E-state index contributed by atoms with van der Waals surface area (Å²) in [7, 11) is 0. The second-order valence-electron chi connectivity index (χ2n) is 6.55. The highest BCUT2D eigenvalue weighted by atomic mass is 15.0. The standard InChI is InChI=1S/C21H27N/c1-6-8-9-18-14-15-22(16-18)20-12-10-19(11-13-20)21(4,5)17(3)7-2/h6-12,14-17,20H,1-2,13H2,3-5H3/b9-8-. The molecule has 2 rings (SSSR count). The molecule has 0 fully saturated rings. The normalized spacial score (nSPS) is 20.0. The number of rotatable bonds is 6. The molecule has 1 nitrogen and oxygen atoms in total. The lowest BCUT2D eigenvalue weighted by atomic mass is 9.72. The van der Waals surface area contributed by atoms with Gasteiger partial charge < -0.3 is 4.57 Å². The summed E-state index contributed by atoms with van der Waals surface area (Å²) in [6.45, 7) is 14.5. The molecule has 1 aliphatic rings. The molecule has 1 aromatic heterocycles. The number of hydrogen-bond donors (Lipinski definition) is 0. The van der Waals surface area contributed by atoms with Crippen LogP contribution in [0.25, 0.3) is 6.08 Å². The number of allylic oxidation sites excluding steroid dienone is 7. The monoisotopic (exact) mass is 293 g/mol. The molecule has 0 aliphatic heterocycles. The van der Waals surface area contributed by atoms with E-state index in [1.54, 1.807) is 6.08 Å². The molecule has 0 aromatic carbocycles. The zero-order valence-corrected chi connectivity index (χ0v) is 14.0. The topological polar surface area (TPSA) is 4.93 Å². The highest BCUT2D eigenvalue weighted by molar-refractivity contribution is 5.50. The predicted molar refractivity (Wildman–Crippen MR) is 97.7 cm³/mol. The third kappa shape index (κ3) is 3.41. The fourth-order valence-corrected chi connectivity index (χ4v) is 2.78. The second kappa shape index (κ2) is 6.83. The van der Waals surface area contributed by atoms with Crippen LogP contribution in [0.4, 0.5) is 0 Å². The first kappa shape index (κ1) is 16.4. The molecule has 22 heavy (non-hydrogen) atoms. The summed E-state index contributed by atoms with van der Waals surface area (Å²) in [4.78, 5) is 0. The van der Waals surface area contributed by atoms with Gasteiger partial charge in [0.2, 0.25) is 0 Å². The number of hydrogen-bond acceptors (Lipinski definition) is 0. The Morgan fingerprint density at radius 3 is 2.73 bits per heavy atom. The van der Waals surface area contributed by atoms with E-state index in [1.807, 2.05) is 12.2 Å². The highest BCUT2D eigenvalue weighted by Crippen LogP contribution is 2.39. The minimum atomic E-state index is 0.137. The van der Waals surface area contributed by atoms with E-state index in [4.69, 9.17) is 0 Å². The average molecular weight is 293 g/mol. The minimum absolute atomic E-state index is 0.137. The molecule has 0 bridgehead atoms. The Hall–Kier alpha value is -2.02. The lowest BCUT2D eigenvalue weighted by Crippen LogP contribution is -2.23. The molecular weight excluding hydrogens is 266 g/mol. The molecule has 1 heteroatoms. The van der Waals surface area contributed by atoms with Gasteiger partial charge in [-0.1, -0.05) is 69.9 Å². The maximum atomic E-state index is 3.94. The van der Waals surface area contributed by atoms with E-state index in [-0.39, 0.29) is 5.41 Å². The van der Waals surface area contributed by atoms with Crippen LogP contribution in [0.5, 0.6) is 0 Å². The average Bonchev–Trinajstić information content (AvgIpc) is 3.01. The Morgan fingerprint density at radius 2 is 2.14 bits per heavy atom. The maximum absolute atomic E-state index is 3.94. The van der Waals surface area contributed by atoms with Crippen molar-refractivity contribution in [2.45, 2.75) is 33.2 Å². The van der Waals surface area contributed by atoms with Crippen LogP contribution in [0.2, 0.25) is 0 Å². The van der Waals surface area contributed by atoms with Crippen molar-refractivity contribution in [1.29, 1.82) is 0 Å².